The monoisotopic (exact) mass is 299 g/mol. The molecule has 0 bridgehead atoms. The third-order valence-electron chi connectivity index (χ3n) is 4.93. The second kappa shape index (κ2) is 4.10. The molecule has 114 valence electrons. The van der Waals surface area contributed by atoms with E-state index in [0.29, 0.717) is 6.42 Å². The number of carbonyl (C=O) groups excluding carboxylic acids is 2. The smallest absolute Gasteiger partial charge is 0.291 e. The number of benzene rings is 1. The first-order chi connectivity index (χ1) is 10.4. The van der Waals surface area contributed by atoms with Crippen molar-refractivity contribution in [3.63, 3.8) is 0 Å². The maximum atomic E-state index is 12.5. The number of nitrogens with one attached hydrogen (secondary N) is 1. The van der Waals surface area contributed by atoms with E-state index in [1.54, 1.807) is 4.90 Å². The molecule has 6 heteroatoms. The highest BCUT2D eigenvalue weighted by molar-refractivity contribution is 5.96. The van der Waals surface area contributed by atoms with E-state index in [4.69, 9.17) is 0 Å². The van der Waals surface area contributed by atoms with Gasteiger partial charge in [0.2, 0.25) is 5.91 Å². The number of aromatic amines is 1. The maximum Gasteiger partial charge on any atom is 0.291 e. The minimum atomic E-state index is -0.536. The lowest BCUT2D eigenvalue weighted by Gasteiger charge is -2.49. The fraction of sp³-hybridized carbons (Fsp3) is 0.375. The summed E-state index contributed by atoms with van der Waals surface area (Å²) in [5.74, 6) is 3.57. The first-order valence-electron chi connectivity index (χ1n) is 7.45. The van der Waals surface area contributed by atoms with Gasteiger partial charge in [0.1, 0.15) is 6.04 Å². The highest BCUT2D eigenvalue weighted by Gasteiger charge is 2.51. The molecule has 1 aromatic heterocycles. The Hall–Kier alpha value is -2.34. The van der Waals surface area contributed by atoms with E-state index < -0.39 is 11.6 Å². The molecule has 2 aliphatic rings. The Morgan fingerprint density at radius 1 is 1.27 bits per heavy atom. The summed E-state index contributed by atoms with van der Waals surface area (Å²) in [6.45, 7) is 4.04. The van der Waals surface area contributed by atoms with Crippen LogP contribution in [0.5, 0.6) is 0 Å². The van der Waals surface area contributed by atoms with E-state index in [2.05, 4.69) is 16.9 Å². The molecule has 0 spiro atoms. The molecule has 6 nitrogen and oxygen atoms in total. The van der Waals surface area contributed by atoms with Crippen LogP contribution in [-0.2, 0) is 21.5 Å². The van der Waals surface area contributed by atoms with Crippen molar-refractivity contribution in [2.24, 2.45) is 0 Å². The Morgan fingerprint density at radius 3 is 2.77 bits per heavy atom. The number of hydrogen-bond donors (Lipinski definition) is 2. The van der Waals surface area contributed by atoms with Crippen LogP contribution in [0.4, 0.5) is 0 Å². The van der Waals surface area contributed by atoms with Gasteiger partial charge in [0.15, 0.2) is 6.54 Å². The summed E-state index contributed by atoms with van der Waals surface area (Å²) >= 11 is 0. The van der Waals surface area contributed by atoms with Crippen molar-refractivity contribution in [1.82, 2.24) is 14.9 Å². The van der Waals surface area contributed by atoms with Gasteiger partial charge in [-0.05, 0) is 25.5 Å². The first-order valence-corrected chi connectivity index (χ1v) is 7.45. The highest BCUT2D eigenvalue weighted by Crippen LogP contribution is 2.42. The van der Waals surface area contributed by atoms with Crippen molar-refractivity contribution >= 4 is 22.7 Å². The van der Waals surface area contributed by atoms with Crippen LogP contribution < -0.4 is 5.84 Å². The van der Waals surface area contributed by atoms with Crippen LogP contribution in [0.15, 0.2) is 24.3 Å². The third kappa shape index (κ3) is 1.53. The van der Waals surface area contributed by atoms with Gasteiger partial charge in [-0.3, -0.25) is 15.4 Å². The molecule has 2 amide bonds. The largest absolute Gasteiger partial charge is 0.356 e. The Bertz CT molecular complexity index is 808. The number of fused-ring (bicyclic) bond motifs is 4. The molecule has 0 aliphatic carbocycles. The Kier molecular flexibility index (Phi) is 2.49. The van der Waals surface area contributed by atoms with Gasteiger partial charge < -0.3 is 9.88 Å². The van der Waals surface area contributed by atoms with Gasteiger partial charge in [-0.15, -0.1) is 0 Å². The summed E-state index contributed by atoms with van der Waals surface area (Å²) in [5.41, 5.74) is 2.68. The molecule has 1 unspecified atom stereocenters. The quantitative estimate of drug-likeness (QED) is 0.726. The van der Waals surface area contributed by atoms with Crippen molar-refractivity contribution in [2.75, 3.05) is 6.54 Å². The van der Waals surface area contributed by atoms with Gasteiger partial charge in [-0.2, -0.15) is 5.01 Å². The van der Waals surface area contributed by atoms with Gasteiger partial charge in [-0.25, -0.2) is 0 Å². The molecule has 3 heterocycles. The summed E-state index contributed by atoms with van der Waals surface area (Å²) in [6, 6.07) is 7.62. The molecule has 1 fully saturated rings. The third-order valence-corrected chi connectivity index (χ3v) is 4.93. The topological polar surface area (TPSA) is 84.0 Å². The van der Waals surface area contributed by atoms with E-state index >= 15 is 0 Å². The SMILES string of the molecule is CC1(C)c2[nH]c3ccccc3c2CC2C(=O)N([NH3+])CC(=O)N21. The molecule has 0 radical (unpaired) electrons. The zero-order chi connectivity index (χ0) is 15.6. The van der Waals surface area contributed by atoms with Gasteiger partial charge >= 0.3 is 0 Å². The number of carbonyl (C=O) groups is 2. The zero-order valence-electron chi connectivity index (χ0n) is 12.7. The van der Waals surface area contributed by atoms with Crippen molar-refractivity contribution in [2.45, 2.75) is 31.8 Å². The fourth-order valence-electron chi connectivity index (χ4n) is 3.94. The van der Waals surface area contributed by atoms with Gasteiger partial charge in [0.25, 0.3) is 5.91 Å². The van der Waals surface area contributed by atoms with Crippen LogP contribution in [0.3, 0.4) is 0 Å². The minimum Gasteiger partial charge on any atom is -0.356 e. The molecular formula is C16H19N4O2+. The number of para-hydroxylation sites is 1. The van der Waals surface area contributed by atoms with E-state index in [-0.39, 0.29) is 18.4 Å². The number of piperazine rings is 1. The van der Waals surface area contributed by atoms with Crippen molar-refractivity contribution in [3.8, 4) is 0 Å². The number of hydrogen-bond acceptors (Lipinski definition) is 2. The Labute approximate surface area is 127 Å². The highest BCUT2D eigenvalue weighted by atomic mass is 16.2. The molecular weight excluding hydrogens is 280 g/mol. The second-order valence-electron chi connectivity index (χ2n) is 6.60. The lowest BCUT2D eigenvalue weighted by atomic mass is 9.82. The number of amides is 2. The molecule has 0 saturated carbocycles. The average molecular weight is 299 g/mol. The molecule has 1 atom stereocenters. The number of nitrogens with zero attached hydrogens (tertiary/aromatic N) is 2. The standard InChI is InChI=1S/C16H18N4O2/c1-16(2)14-10(9-5-3-4-6-11(9)18-14)7-12-15(22)19(17)8-13(21)20(12)16/h3-6,12,18H,7-8,17H2,1-2H3/p+1. The fourth-order valence-corrected chi connectivity index (χ4v) is 3.94. The predicted octanol–water partition coefficient (Wildman–Crippen LogP) is 0.155. The van der Waals surface area contributed by atoms with E-state index in [9.17, 15) is 9.59 Å². The Morgan fingerprint density at radius 2 is 2.00 bits per heavy atom. The minimum absolute atomic E-state index is 0.0473. The first kappa shape index (κ1) is 13.3. The van der Waals surface area contributed by atoms with Crippen molar-refractivity contribution in [1.29, 1.82) is 0 Å². The van der Waals surface area contributed by atoms with Crippen LogP contribution in [0, 0.1) is 0 Å². The molecule has 2 aromatic rings. The zero-order valence-corrected chi connectivity index (χ0v) is 12.7. The normalized spacial score (nSPS) is 23.7. The summed E-state index contributed by atoms with van der Waals surface area (Å²) in [6.07, 6.45) is 0.541. The molecule has 1 saturated heterocycles. The van der Waals surface area contributed by atoms with Crippen molar-refractivity contribution < 1.29 is 15.4 Å². The number of aromatic nitrogens is 1. The predicted molar refractivity (Wildman–Crippen MR) is 80.3 cm³/mol. The lowest BCUT2D eigenvalue weighted by Crippen LogP contribution is -2.79. The van der Waals surface area contributed by atoms with E-state index in [1.807, 2.05) is 32.0 Å². The number of quaternary nitrogens is 1. The number of H-pyrrole nitrogens is 1. The summed E-state index contributed by atoms with van der Waals surface area (Å²) in [7, 11) is 0. The van der Waals surface area contributed by atoms with E-state index in [0.717, 1.165) is 22.2 Å². The van der Waals surface area contributed by atoms with Gasteiger partial charge in [0.05, 0.1) is 5.54 Å². The van der Waals surface area contributed by atoms with Gasteiger partial charge in [-0.1, -0.05) is 18.2 Å². The van der Waals surface area contributed by atoms with Crippen molar-refractivity contribution in [3.05, 3.63) is 35.5 Å². The molecule has 22 heavy (non-hydrogen) atoms. The Balaban J connectivity index is 1.96. The van der Waals surface area contributed by atoms with Crippen LogP contribution in [0.1, 0.15) is 25.1 Å². The van der Waals surface area contributed by atoms with Gasteiger partial charge in [0, 0.05) is 23.0 Å². The van der Waals surface area contributed by atoms with E-state index in [1.165, 1.54) is 5.01 Å². The number of rotatable bonds is 0. The second-order valence-corrected chi connectivity index (χ2v) is 6.60. The summed E-state index contributed by atoms with van der Waals surface area (Å²) < 4.78 is 0. The lowest BCUT2D eigenvalue weighted by molar-refractivity contribution is -0.550. The van der Waals surface area contributed by atoms with Crippen LogP contribution in [-0.4, -0.2) is 39.3 Å². The maximum absolute atomic E-state index is 12.5. The average Bonchev–Trinajstić information content (AvgIpc) is 2.84. The molecule has 1 aromatic carbocycles. The van der Waals surface area contributed by atoms with Crippen LogP contribution in [0.25, 0.3) is 10.9 Å². The van der Waals surface area contributed by atoms with Crippen LogP contribution in [0.2, 0.25) is 0 Å². The molecule has 2 aliphatic heterocycles. The molecule has 4 rings (SSSR count). The van der Waals surface area contributed by atoms with Crippen LogP contribution >= 0.6 is 0 Å². The summed E-state index contributed by atoms with van der Waals surface area (Å²) in [4.78, 5) is 30.2. The molecule has 4 N–H and O–H groups in total. The summed E-state index contributed by atoms with van der Waals surface area (Å²) in [5, 5.41) is 2.42.